The van der Waals surface area contributed by atoms with Gasteiger partial charge >= 0.3 is 0 Å². The van der Waals surface area contributed by atoms with Gasteiger partial charge in [-0.3, -0.25) is 20.6 Å². The van der Waals surface area contributed by atoms with Crippen molar-refractivity contribution in [3.63, 3.8) is 0 Å². The molecular weight excluding hydrogens is 312 g/mol. The molecule has 134 valence electrons. The minimum atomic E-state index is 0.108. The fraction of sp³-hybridized carbons (Fsp3) is 0.714. The van der Waals surface area contributed by atoms with E-state index in [1.807, 2.05) is 0 Å². The maximum Gasteiger partial charge on any atom is 0.218 e. The summed E-state index contributed by atoms with van der Waals surface area (Å²) in [5.41, 5.74) is 10.4. The maximum atomic E-state index is 8.45. The van der Waals surface area contributed by atoms with Crippen molar-refractivity contribution in [1.29, 1.82) is 10.5 Å². The molecular formula is C14H26N8O2. The molecule has 0 spiro atoms. The fourth-order valence-electron chi connectivity index (χ4n) is 1.56. The van der Waals surface area contributed by atoms with Crippen LogP contribution in [0.3, 0.4) is 0 Å². The lowest BCUT2D eigenvalue weighted by Crippen LogP contribution is -2.31. The molecule has 10 nitrogen and oxygen atoms in total. The largest absolute Gasteiger partial charge is 0.381 e. The first-order valence-electron chi connectivity index (χ1n) is 7.76. The predicted octanol–water partition coefficient (Wildman–Crippen LogP) is -0.649. The zero-order valence-corrected chi connectivity index (χ0v) is 13.8. The van der Waals surface area contributed by atoms with Gasteiger partial charge in [0.05, 0.1) is 0 Å². The normalized spacial score (nSPS) is 9.42. The first kappa shape index (κ1) is 21.4. The lowest BCUT2D eigenvalue weighted by molar-refractivity contribution is 0.102. The van der Waals surface area contributed by atoms with E-state index in [2.05, 4.69) is 20.6 Å². The van der Waals surface area contributed by atoms with Crippen molar-refractivity contribution >= 4 is 11.9 Å². The lowest BCUT2D eigenvalue weighted by atomic mass is 10.3. The number of rotatable bonds is 13. The second-order valence-electron chi connectivity index (χ2n) is 4.65. The van der Waals surface area contributed by atoms with Crippen LogP contribution in [0.1, 0.15) is 25.7 Å². The third kappa shape index (κ3) is 15.8. The van der Waals surface area contributed by atoms with E-state index in [0.29, 0.717) is 45.9 Å². The van der Waals surface area contributed by atoms with Crippen LogP contribution in [0.4, 0.5) is 0 Å². The molecule has 0 radical (unpaired) electrons. The van der Waals surface area contributed by atoms with Crippen LogP contribution in [0, 0.1) is 22.9 Å². The van der Waals surface area contributed by atoms with E-state index in [4.69, 9.17) is 31.5 Å². The Labute approximate surface area is 142 Å². The van der Waals surface area contributed by atoms with E-state index in [0.717, 1.165) is 19.3 Å². The average molecular weight is 338 g/mol. The van der Waals surface area contributed by atoms with Crippen LogP contribution < -0.4 is 22.1 Å². The first-order chi connectivity index (χ1) is 11.7. The Balaban J connectivity index is 3.34. The summed E-state index contributed by atoms with van der Waals surface area (Å²) in [6, 6.07) is 0. The van der Waals surface area contributed by atoms with Crippen molar-refractivity contribution in [2.24, 2.45) is 21.5 Å². The first-order valence-corrected chi connectivity index (χ1v) is 7.76. The van der Waals surface area contributed by atoms with Gasteiger partial charge in [0.1, 0.15) is 0 Å². The number of hydrogen-bond acceptors (Lipinski definition) is 6. The third-order valence-electron chi connectivity index (χ3n) is 2.63. The van der Waals surface area contributed by atoms with Gasteiger partial charge in [-0.05, 0) is 25.7 Å². The van der Waals surface area contributed by atoms with Gasteiger partial charge < -0.3 is 20.9 Å². The molecule has 10 heteroatoms. The van der Waals surface area contributed by atoms with Crippen LogP contribution in [0.2, 0.25) is 0 Å². The molecule has 0 aliphatic heterocycles. The molecule has 6 N–H and O–H groups in total. The zero-order valence-electron chi connectivity index (χ0n) is 13.8. The van der Waals surface area contributed by atoms with Crippen molar-refractivity contribution in [1.82, 2.24) is 10.6 Å². The highest BCUT2D eigenvalue weighted by molar-refractivity contribution is 5.82. The van der Waals surface area contributed by atoms with Crippen molar-refractivity contribution in [2.45, 2.75) is 25.7 Å². The zero-order chi connectivity index (χ0) is 17.9. The van der Waals surface area contributed by atoms with Crippen LogP contribution >= 0.6 is 0 Å². The van der Waals surface area contributed by atoms with Crippen molar-refractivity contribution < 1.29 is 9.47 Å². The van der Waals surface area contributed by atoms with Crippen molar-refractivity contribution in [2.75, 3.05) is 39.5 Å². The summed E-state index contributed by atoms with van der Waals surface area (Å²) in [4.78, 5) is 7.88. The summed E-state index contributed by atoms with van der Waals surface area (Å²) in [7, 11) is 0. The summed E-state index contributed by atoms with van der Waals surface area (Å²) in [6.45, 7) is 3.64. The quantitative estimate of drug-likeness (QED) is 0.113. The van der Waals surface area contributed by atoms with Gasteiger partial charge in [-0.1, -0.05) is 0 Å². The van der Waals surface area contributed by atoms with Crippen molar-refractivity contribution in [3.05, 3.63) is 0 Å². The van der Waals surface area contributed by atoms with Crippen LogP contribution in [-0.4, -0.2) is 51.4 Å². The number of nitriles is 2. The molecule has 0 unspecified atom stereocenters. The number of unbranched alkanes of at least 4 members (excludes halogenated alkanes) is 1. The van der Waals surface area contributed by atoms with Crippen LogP contribution in [-0.2, 0) is 9.47 Å². The number of aliphatic imine (C=N–C) groups is 2. The highest BCUT2D eigenvalue weighted by atomic mass is 16.5. The Morgan fingerprint density at radius 1 is 0.792 bits per heavy atom. The Morgan fingerprint density at radius 3 is 1.71 bits per heavy atom. The molecule has 0 saturated carbocycles. The van der Waals surface area contributed by atoms with Gasteiger partial charge in [0.2, 0.25) is 5.96 Å². The van der Waals surface area contributed by atoms with Gasteiger partial charge in [-0.25, -0.2) is 0 Å². The summed E-state index contributed by atoms with van der Waals surface area (Å²) < 4.78 is 10.9. The monoisotopic (exact) mass is 338 g/mol. The predicted molar refractivity (Wildman–Crippen MR) is 90.6 cm³/mol. The Kier molecular flexibility index (Phi) is 15.0. The summed E-state index contributed by atoms with van der Waals surface area (Å²) in [5, 5.41) is 21.5. The second-order valence-corrected chi connectivity index (χ2v) is 4.65. The van der Waals surface area contributed by atoms with E-state index in [1.165, 1.54) is 0 Å². The average Bonchev–Trinajstić information content (AvgIpc) is 2.55. The number of nitrogens with zero attached hydrogens (tertiary/aromatic N) is 4. The molecule has 0 fully saturated rings. The van der Waals surface area contributed by atoms with Gasteiger partial charge in [-0.2, -0.15) is 10.5 Å². The third-order valence-corrected chi connectivity index (χ3v) is 2.63. The van der Waals surface area contributed by atoms with Gasteiger partial charge in [0, 0.05) is 39.5 Å². The summed E-state index contributed by atoms with van der Waals surface area (Å²) >= 11 is 0. The van der Waals surface area contributed by atoms with E-state index in [1.54, 1.807) is 12.4 Å². The molecule has 0 heterocycles. The topological polar surface area (TPSA) is 167 Å². The Hall–Kier alpha value is -2.56. The maximum absolute atomic E-state index is 8.45. The molecule has 0 amide bonds. The summed E-state index contributed by atoms with van der Waals surface area (Å²) in [5.74, 6) is 0.258. The van der Waals surface area contributed by atoms with E-state index in [-0.39, 0.29) is 11.9 Å². The lowest BCUT2D eigenvalue weighted by Gasteiger charge is -2.05. The highest BCUT2D eigenvalue weighted by Crippen LogP contribution is 1.94. The molecule has 0 saturated heterocycles. The second kappa shape index (κ2) is 16.8. The van der Waals surface area contributed by atoms with Crippen LogP contribution in [0.15, 0.2) is 9.98 Å². The number of ether oxygens (including phenoxy) is 2. The minimum absolute atomic E-state index is 0.108. The number of nitrogens with two attached hydrogens (primary N) is 2. The molecule has 0 aromatic rings. The molecule has 0 rings (SSSR count). The SMILES string of the molecule is N#CNC(=NCCCOCCCCOCCCN=C(N)N)NC#N. The molecule has 0 aromatic heterocycles. The van der Waals surface area contributed by atoms with Gasteiger partial charge in [0.25, 0.3) is 0 Å². The van der Waals surface area contributed by atoms with Crippen LogP contribution in [0.5, 0.6) is 0 Å². The molecule has 0 aromatic carbocycles. The Morgan fingerprint density at radius 2 is 1.25 bits per heavy atom. The minimum Gasteiger partial charge on any atom is -0.381 e. The smallest absolute Gasteiger partial charge is 0.218 e. The molecule has 0 atom stereocenters. The number of hydrogen-bond donors (Lipinski definition) is 4. The van der Waals surface area contributed by atoms with E-state index < -0.39 is 0 Å². The van der Waals surface area contributed by atoms with E-state index in [9.17, 15) is 0 Å². The number of guanidine groups is 2. The van der Waals surface area contributed by atoms with Gasteiger partial charge in [-0.15, -0.1) is 0 Å². The molecule has 0 bridgehead atoms. The number of nitrogens with one attached hydrogen (secondary N) is 2. The molecule has 0 aliphatic rings. The standard InChI is InChI=1S/C14H26N8O2/c15-11-21-14(22-12-16)20-6-4-10-24-8-2-1-7-23-9-3-5-19-13(17)18/h1-10H2,(H4,17,18,19)(H2,20,21,22). The van der Waals surface area contributed by atoms with Crippen LogP contribution in [0.25, 0.3) is 0 Å². The fourth-order valence-corrected chi connectivity index (χ4v) is 1.56. The molecule has 24 heavy (non-hydrogen) atoms. The molecule has 0 aliphatic carbocycles. The Bertz CT molecular complexity index is 431. The van der Waals surface area contributed by atoms with Crippen molar-refractivity contribution in [3.8, 4) is 12.4 Å². The van der Waals surface area contributed by atoms with E-state index >= 15 is 0 Å². The highest BCUT2D eigenvalue weighted by Gasteiger charge is 1.95. The van der Waals surface area contributed by atoms with Gasteiger partial charge in [0.15, 0.2) is 18.3 Å². The summed E-state index contributed by atoms with van der Waals surface area (Å²) in [6.07, 6.45) is 6.77.